The van der Waals surface area contributed by atoms with E-state index >= 15 is 0 Å². The Morgan fingerprint density at radius 1 is 0.700 bits per heavy atom. The predicted molar refractivity (Wildman–Crippen MR) is 47.8 cm³/mol. The fraction of sp³-hybridized carbons (Fsp3) is 0.333. The van der Waals surface area contributed by atoms with Crippen molar-refractivity contribution in [1.82, 2.24) is 0 Å². The van der Waals surface area contributed by atoms with Crippen molar-refractivity contribution < 1.29 is 0 Å². The van der Waals surface area contributed by atoms with Crippen LogP contribution in [0.5, 0.6) is 0 Å². The standard InChI is InChI=1S/C9H12.K.H/c1-7-4-8(2)6-9(3)5-7;;/h4-6H,1-3H3;;. The topological polar surface area (TPSA) is 0 Å². The molecule has 50 valence electrons. The van der Waals surface area contributed by atoms with E-state index in [0.717, 1.165) is 0 Å². The molecule has 0 fully saturated rings. The van der Waals surface area contributed by atoms with Crippen LogP contribution in [-0.2, 0) is 0 Å². The van der Waals surface area contributed by atoms with Crippen LogP contribution in [0.2, 0.25) is 0 Å². The Balaban J connectivity index is 0.000000810. The van der Waals surface area contributed by atoms with Gasteiger partial charge in [-0.1, -0.05) is 34.9 Å². The number of hydrogen-bond acceptors (Lipinski definition) is 0. The summed E-state index contributed by atoms with van der Waals surface area (Å²) in [5, 5.41) is 0. The molecule has 0 amide bonds. The zero-order chi connectivity index (χ0) is 6.85. The number of aryl methyl sites for hydroxylation is 3. The van der Waals surface area contributed by atoms with Gasteiger partial charge in [0.1, 0.15) is 0 Å². The SMILES string of the molecule is Cc1cc(C)cc(C)c1.[KH]. The van der Waals surface area contributed by atoms with Gasteiger partial charge >= 0.3 is 51.4 Å². The molecular weight excluding hydrogens is 147 g/mol. The summed E-state index contributed by atoms with van der Waals surface area (Å²) in [4.78, 5) is 0. The summed E-state index contributed by atoms with van der Waals surface area (Å²) >= 11 is 0. The summed E-state index contributed by atoms with van der Waals surface area (Å²) in [7, 11) is 0. The van der Waals surface area contributed by atoms with Crippen molar-refractivity contribution in [3.05, 3.63) is 34.9 Å². The van der Waals surface area contributed by atoms with Crippen LogP contribution in [0.25, 0.3) is 0 Å². The number of rotatable bonds is 0. The summed E-state index contributed by atoms with van der Waals surface area (Å²) in [5.41, 5.74) is 4.06. The van der Waals surface area contributed by atoms with Crippen molar-refractivity contribution in [1.29, 1.82) is 0 Å². The van der Waals surface area contributed by atoms with Gasteiger partial charge in [-0.15, -0.1) is 0 Å². The van der Waals surface area contributed by atoms with Gasteiger partial charge in [-0.05, 0) is 20.8 Å². The molecule has 0 saturated carbocycles. The zero-order valence-corrected chi connectivity index (χ0v) is 6.23. The average Bonchev–Trinajstić information content (AvgIpc) is 1.59. The second-order valence-corrected chi connectivity index (χ2v) is 2.67. The van der Waals surface area contributed by atoms with Crippen LogP contribution in [0.4, 0.5) is 0 Å². The third-order valence-corrected chi connectivity index (χ3v) is 1.37. The normalized spacial score (nSPS) is 8.70. The molecule has 0 aromatic heterocycles. The Kier molecular flexibility index (Phi) is 5.08. The molecule has 0 saturated heterocycles. The summed E-state index contributed by atoms with van der Waals surface area (Å²) in [5.74, 6) is 0. The van der Waals surface area contributed by atoms with Crippen LogP contribution in [0.1, 0.15) is 16.7 Å². The first-order valence-electron chi connectivity index (χ1n) is 3.23. The van der Waals surface area contributed by atoms with Gasteiger partial charge in [-0.3, -0.25) is 0 Å². The van der Waals surface area contributed by atoms with Crippen molar-refractivity contribution in [3.63, 3.8) is 0 Å². The van der Waals surface area contributed by atoms with Crippen LogP contribution in [-0.4, -0.2) is 51.4 Å². The van der Waals surface area contributed by atoms with E-state index in [1.807, 2.05) is 0 Å². The van der Waals surface area contributed by atoms with Gasteiger partial charge in [-0.25, -0.2) is 0 Å². The van der Waals surface area contributed by atoms with E-state index in [4.69, 9.17) is 0 Å². The van der Waals surface area contributed by atoms with E-state index < -0.39 is 0 Å². The minimum absolute atomic E-state index is 0. The van der Waals surface area contributed by atoms with Gasteiger partial charge in [-0.2, -0.15) is 0 Å². The van der Waals surface area contributed by atoms with Crippen molar-refractivity contribution >= 4 is 51.4 Å². The Hall–Kier alpha value is 0.856. The summed E-state index contributed by atoms with van der Waals surface area (Å²) < 4.78 is 0. The molecule has 0 unspecified atom stereocenters. The molecule has 0 spiro atoms. The molecule has 0 heterocycles. The average molecular weight is 160 g/mol. The van der Waals surface area contributed by atoms with E-state index in [2.05, 4.69) is 39.0 Å². The van der Waals surface area contributed by atoms with Crippen LogP contribution in [0.15, 0.2) is 18.2 Å². The Morgan fingerprint density at radius 3 is 1.10 bits per heavy atom. The summed E-state index contributed by atoms with van der Waals surface area (Å²) in [6.07, 6.45) is 0. The van der Waals surface area contributed by atoms with E-state index in [-0.39, 0.29) is 51.4 Å². The Morgan fingerprint density at radius 2 is 0.900 bits per heavy atom. The maximum atomic E-state index is 2.19. The van der Waals surface area contributed by atoms with Crippen molar-refractivity contribution in [3.8, 4) is 0 Å². The van der Waals surface area contributed by atoms with E-state index in [0.29, 0.717) is 0 Å². The molecule has 0 aliphatic rings. The number of hydrogen-bond donors (Lipinski definition) is 0. The molecule has 0 N–H and O–H groups in total. The van der Waals surface area contributed by atoms with Crippen LogP contribution in [0, 0.1) is 20.8 Å². The van der Waals surface area contributed by atoms with Crippen molar-refractivity contribution in [2.24, 2.45) is 0 Å². The molecule has 0 aliphatic heterocycles. The monoisotopic (exact) mass is 160 g/mol. The van der Waals surface area contributed by atoms with Crippen molar-refractivity contribution in [2.75, 3.05) is 0 Å². The summed E-state index contributed by atoms with van der Waals surface area (Å²) in [6.45, 7) is 6.38. The van der Waals surface area contributed by atoms with Gasteiger partial charge in [0, 0.05) is 0 Å². The predicted octanol–water partition coefficient (Wildman–Crippen LogP) is 1.96. The number of benzene rings is 1. The minimum atomic E-state index is 0. The first kappa shape index (κ1) is 10.9. The van der Waals surface area contributed by atoms with E-state index in [9.17, 15) is 0 Å². The van der Waals surface area contributed by atoms with E-state index in [1.165, 1.54) is 16.7 Å². The maximum absolute atomic E-state index is 2.19. The molecule has 0 atom stereocenters. The first-order valence-corrected chi connectivity index (χ1v) is 3.23. The third kappa shape index (κ3) is 3.31. The van der Waals surface area contributed by atoms with E-state index in [1.54, 1.807) is 0 Å². The quantitative estimate of drug-likeness (QED) is 0.509. The molecular formula is C9H13K. The zero-order valence-electron chi connectivity index (χ0n) is 6.23. The summed E-state index contributed by atoms with van der Waals surface area (Å²) in [6, 6.07) is 6.56. The second-order valence-electron chi connectivity index (χ2n) is 2.67. The first-order chi connectivity index (χ1) is 4.18. The molecule has 10 heavy (non-hydrogen) atoms. The fourth-order valence-corrected chi connectivity index (χ4v) is 1.20. The van der Waals surface area contributed by atoms with Crippen LogP contribution >= 0.6 is 0 Å². The molecule has 0 radical (unpaired) electrons. The fourth-order valence-electron chi connectivity index (χ4n) is 1.20. The molecule has 0 aliphatic carbocycles. The van der Waals surface area contributed by atoms with Gasteiger partial charge in [0.25, 0.3) is 0 Å². The molecule has 1 aromatic rings. The third-order valence-electron chi connectivity index (χ3n) is 1.37. The van der Waals surface area contributed by atoms with Crippen molar-refractivity contribution in [2.45, 2.75) is 20.8 Å². The Bertz CT molecular complexity index is 165. The molecule has 0 bridgehead atoms. The van der Waals surface area contributed by atoms with Gasteiger partial charge in [0.15, 0.2) is 0 Å². The molecule has 1 rings (SSSR count). The Labute approximate surface area is 105 Å². The van der Waals surface area contributed by atoms with Gasteiger partial charge < -0.3 is 0 Å². The second kappa shape index (κ2) is 4.68. The molecule has 1 aromatic carbocycles. The van der Waals surface area contributed by atoms with Crippen LogP contribution < -0.4 is 0 Å². The molecule has 1 heteroatoms. The van der Waals surface area contributed by atoms with Gasteiger partial charge in [0.05, 0.1) is 0 Å². The molecule has 0 nitrogen and oxygen atoms in total. The van der Waals surface area contributed by atoms with Crippen LogP contribution in [0.3, 0.4) is 0 Å². The van der Waals surface area contributed by atoms with Gasteiger partial charge in [0.2, 0.25) is 0 Å².